The maximum absolute atomic E-state index is 12.2. The molecule has 0 saturated carbocycles. The Labute approximate surface area is 165 Å². The van der Waals surface area contributed by atoms with Crippen LogP contribution in [0, 0.1) is 0 Å². The van der Waals surface area contributed by atoms with Gasteiger partial charge in [0.1, 0.15) is 0 Å². The SMILES string of the molecule is O=C(O)Cc1ccc(CCCC2(c3ccc(Cl)cc3)CCS(=O)(=O)C2)cc1. The van der Waals surface area contributed by atoms with Crippen LogP contribution < -0.4 is 0 Å². The summed E-state index contributed by atoms with van der Waals surface area (Å²) in [5.41, 5.74) is 2.62. The van der Waals surface area contributed by atoms with Gasteiger partial charge in [0.2, 0.25) is 0 Å². The predicted octanol–water partition coefficient (Wildman–Crippen LogP) is 4.05. The zero-order chi connectivity index (χ0) is 19.5. The second-order valence-electron chi connectivity index (χ2n) is 7.37. The van der Waals surface area contributed by atoms with Crippen molar-refractivity contribution in [3.63, 3.8) is 0 Å². The molecule has 1 fully saturated rings. The molecule has 1 atom stereocenters. The van der Waals surface area contributed by atoms with Crippen molar-refractivity contribution in [1.82, 2.24) is 0 Å². The number of halogens is 1. The molecule has 1 unspecified atom stereocenters. The summed E-state index contributed by atoms with van der Waals surface area (Å²) in [5, 5.41) is 9.49. The van der Waals surface area contributed by atoms with Crippen LogP contribution in [0.5, 0.6) is 0 Å². The van der Waals surface area contributed by atoms with Crippen molar-refractivity contribution in [2.75, 3.05) is 11.5 Å². The zero-order valence-corrected chi connectivity index (χ0v) is 16.6. The van der Waals surface area contributed by atoms with E-state index in [2.05, 4.69) is 0 Å². The molecule has 1 saturated heterocycles. The van der Waals surface area contributed by atoms with E-state index in [9.17, 15) is 13.2 Å². The molecule has 1 aliphatic rings. The van der Waals surface area contributed by atoms with Gasteiger partial charge < -0.3 is 5.11 Å². The van der Waals surface area contributed by atoms with Gasteiger partial charge in [-0.2, -0.15) is 0 Å². The van der Waals surface area contributed by atoms with Crippen LogP contribution in [0.15, 0.2) is 48.5 Å². The van der Waals surface area contributed by atoms with Gasteiger partial charge in [-0.05, 0) is 54.5 Å². The monoisotopic (exact) mass is 406 g/mol. The Morgan fingerprint density at radius 1 is 1.04 bits per heavy atom. The lowest BCUT2D eigenvalue weighted by molar-refractivity contribution is -0.136. The predicted molar refractivity (Wildman–Crippen MR) is 107 cm³/mol. The number of aliphatic carboxylic acids is 1. The molecule has 0 amide bonds. The smallest absolute Gasteiger partial charge is 0.307 e. The fraction of sp³-hybridized carbons (Fsp3) is 0.381. The van der Waals surface area contributed by atoms with Crippen molar-refractivity contribution >= 4 is 27.4 Å². The molecule has 3 rings (SSSR count). The van der Waals surface area contributed by atoms with Crippen molar-refractivity contribution in [2.24, 2.45) is 0 Å². The molecule has 0 aliphatic carbocycles. The molecule has 1 aliphatic heterocycles. The summed E-state index contributed by atoms with van der Waals surface area (Å²) in [6, 6.07) is 15.2. The number of aryl methyl sites for hydroxylation is 1. The van der Waals surface area contributed by atoms with E-state index in [0.717, 1.165) is 36.0 Å². The highest BCUT2D eigenvalue weighted by Gasteiger charge is 2.42. The van der Waals surface area contributed by atoms with Gasteiger partial charge in [-0.25, -0.2) is 8.42 Å². The van der Waals surface area contributed by atoms with Gasteiger partial charge in [0.25, 0.3) is 0 Å². The third-order valence-electron chi connectivity index (χ3n) is 5.34. The van der Waals surface area contributed by atoms with Gasteiger partial charge in [-0.15, -0.1) is 0 Å². The molecule has 2 aromatic carbocycles. The number of hydrogen-bond donors (Lipinski definition) is 1. The summed E-state index contributed by atoms with van der Waals surface area (Å²) in [6.07, 6.45) is 3.18. The average molecular weight is 407 g/mol. The summed E-state index contributed by atoms with van der Waals surface area (Å²) < 4.78 is 24.3. The molecule has 2 aromatic rings. The van der Waals surface area contributed by atoms with Crippen LogP contribution in [0.1, 0.15) is 36.0 Å². The molecule has 0 aromatic heterocycles. The molecule has 1 N–H and O–H groups in total. The van der Waals surface area contributed by atoms with E-state index in [1.807, 2.05) is 48.5 Å². The maximum atomic E-state index is 12.2. The Morgan fingerprint density at radius 2 is 1.67 bits per heavy atom. The first-order chi connectivity index (χ1) is 12.8. The fourth-order valence-corrected chi connectivity index (χ4v) is 6.19. The van der Waals surface area contributed by atoms with Gasteiger partial charge >= 0.3 is 5.97 Å². The molecule has 4 nitrogen and oxygen atoms in total. The summed E-state index contributed by atoms with van der Waals surface area (Å²) >= 11 is 5.99. The van der Waals surface area contributed by atoms with Gasteiger partial charge in [-0.1, -0.05) is 48.0 Å². The highest BCUT2D eigenvalue weighted by molar-refractivity contribution is 7.91. The zero-order valence-electron chi connectivity index (χ0n) is 15.0. The largest absolute Gasteiger partial charge is 0.481 e. The second kappa shape index (κ2) is 8.03. The lowest BCUT2D eigenvalue weighted by Crippen LogP contribution is -2.27. The molecule has 1 heterocycles. The third-order valence-corrected chi connectivity index (χ3v) is 7.41. The normalized spacial score (nSPS) is 21.2. The molecule has 6 heteroatoms. The minimum Gasteiger partial charge on any atom is -0.481 e. The van der Waals surface area contributed by atoms with Crippen LogP contribution in [0.4, 0.5) is 0 Å². The van der Waals surface area contributed by atoms with Crippen molar-refractivity contribution in [1.29, 1.82) is 0 Å². The Balaban J connectivity index is 1.69. The summed E-state index contributed by atoms with van der Waals surface area (Å²) in [6.45, 7) is 0. The Hall–Kier alpha value is -1.85. The summed E-state index contributed by atoms with van der Waals surface area (Å²) in [4.78, 5) is 10.8. The van der Waals surface area contributed by atoms with E-state index in [1.165, 1.54) is 0 Å². The van der Waals surface area contributed by atoms with Crippen molar-refractivity contribution in [3.05, 3.63) is 70.2 Å². The molecule has 0 bridgehead atoms. The van der Waals surface area contributed by atoms with Gasteiger partial charge in [0, 0.05) is 10.4 Å². The number of carbonyl (C=O) groups is 1. The maximum Gasteiger partial charge on any atom is 0.307 e. The highest BCUT2D eigenvalue weighted by Crippen LogP contribution is 2.40. The minimum absolute atomic E-state index is 0.0256. The van der Waals surface area contributed by atoms with E-state index in [0.29, 0.717) is 11.4 Å². The Bertz CT molecular complexity index is 904. The minimum atomic E-state index is -3.01. The summed E-state index contributed by atoms with van der Waals surface area (Å²) in [5.74, 6) is -0.409. The van der Waals surface area contributed by atoms with Crippen LogP contribution in [-0.4, -0.2) is 31.0 Å². The first-order valence-electron chi connectivity index (χ1n) is 9.04. The molecular weight excluding hydrogens is 384 g/mol. The van der Waals surface area contributed by atoms with Crippen molar-refractivity contribution in [2.45, 2.75) is 37.5 Å². The molecule has 0 radical (unpaired) electrons. The summed E-state index contributed by atoms with van der Waals surface area (Å²) in [7, 11) is -3.01. The van der Waals surface area contributed by atoms with E-state index < -0.39 is 15.8 Å². The number of benzene rings is 2. The molecular formula is C21H23ClO4S. The van der Waals surface area contributed by atoms with E-state index >= 15 is 0 Å². The Morgan fingerprint density at radius 3 is 2.22 bits per heavy atom. The average Bonchev–Trinajstić information content (AvgIpc) is 2.93. The number of carboxylic acid groups (broad SMARTS) is 1. The first kappa shape index (κ1) is 19.9. The van der Waals surface area contributed by atoms with Crippen LogP contribution in [0.25, 0.3) is 0 Å². The fourth-order valence-electron chi connectivity index (χ4n) is 3.92. The Kier molecular flexibility index (Phi) is 5.92. The van der Waals surface area contributed by atoms with Crippen LogP contribution >= 0.6 is 11.6 Å². The van der Waals surface area contributed by atoms with Crippen LogP contribution in [-0.2, 0) is 32.9 Å². The highest BCUT2D eigenvalue weighted by atomic mass is 35.5. The first-order valence-corrected chi connectivity index (χ1v) is 11.2. The quantitative estimate of drug-likeness (QED) is 0.753. The topological polar surface area (TPSA) is 71.4 Å². The number of carboxylic acids is 1. The standard InChI is InChI=1S/C21H23ClO4S/c22-19-9-7-18(8-10-19)21(12-13-27(25,26)15-21)11-1-2-16-3-5-17(6-4-16)14-20(23)24/h3-10H,1-2,11-15H2,(H,23,24). The number of sulfone groups is 1. The molecule has 27 heavy (non-hydrogen) atoms. The lowest BCUT2D eigenvalue weighted by Gasteiger charge is -2.28. The lowest BCUT2D eigenvalue weighted by atomic mass is 9.76. The van der Waals surface area contributed by atoms with Gasteiger partial charge in [0.05, 0.1) is 17.9 Å². The van der Waals surface area contributed by atoms with Crippen LogP contribution in [0.3, 0.4) is 0 Å². The van der Waals surface area contributed by atoms with E-state index in [1.54, 1.807) is 0 Å². The van der Waals surface area contributed by atoms with Gasteiger partial charge in [-0.3, -0.25) is 4.79 Å². The second-order valence-corrected chi connectivity index (χ2v) is 9.99. The van der Waals surface area contributed by atoms with Crippen LogP contribution in [0.2, 0.25) is 5.02 Å². The number of hydrogen-bond acceptors (Lipinski definition) is 3. The van der Waals surface area contributed by atoms with E-state index in [-0.39, 0.29) is 23.3 Å². The third kappa shape index (κ3) is 5.11. The van der Waals surface area contributed by atoms with Crippen molar-refractivity contribution in [3.8, 4) is 0 Å². The molecule has 144 valence electrons. The van der Waals surface area contributed by atoms with E-state index in [4.69, 9.17) is 16.7 Å². The molecule has 0 spiro atoms. The number of rotatable bonds is 7. The van der Waals surface area contributed by atoms with Crippen molar-refractivity contribution < 1.29 is 18.3 Å². The van der Waals surface area contributed by atoms with Gasteiger partial charge in [0.15, 0.2) is 9.84 Å².